The predicted octanol–water partition coefficient (Wildman–Crippen LogP) is 4.22. The second-order valence-corrected chi connectivity index (χ2v) is 11.9. The SMILES string of the molecule is COC(=O)Cn1c(=NC(=O)c2ccc(S(=O)(=O)N(C)C3CCCCC3)cc2)sc2cc(Cl)ccc21. The standard InChI is InChI=1S/C24H26ClN3O5S2/c1-27(18-6-4-3-5-7-18)35(31,32)19-11-8-16(9-12-19)23(30)26-24-28(15-22(29)33-2)20-13-10-17(25)14-21(20)34-24/h8-14,18H,3-7,15H2,1-2H3. The van der Waals surface area contributed by atoms with Crippen LogP contribution in [0.3, 0.4) is 0 Å². The molecule has 0 spiro atoms. The quantitative estimate of drug-likeness (QED) is 0.440. The maximum Gasteiger partial charge on any atom is 0.325 e. The van der Waals surface area contributed by atoms with Gasteiger partial charge in [-0.15, -0.1) is 0 Å². The fourth-order valence-electron chi connectivity index (χ4n) is 4.21. The number of rotatable bonds is 6. The van der Waals surface area contributed by atoms with Crippen LogP contribution in [0, 0.1) is 0 Å². The maximum atomic E-state index is 13.1. The van der Waals surface area contributed by atoms with Crippen molar-refractivity contribution in [2.75, 3.05) is 14.2 Å². The van der Waals surface area contributed by atoms with Gasteiger partial charge in [0.15, 0.2) is 4.80 Å². The van der Waals surface area contributed by atoms with Crippen LogP contribution < -0.4 is 4.80 Å². The summed E-state index contributed by atoms with van der Waals surface area (Å²) in [6, 6.07) is 11.0. The first-order chi connectivity index (χ1) is 16.7. The Hall–Kier alpha value is -2.53. The Balaban J connectivity index is 1.63. The average Bonchev–Trinajstić information content (AvgIpc) is 3.19. The summed E-state index contributed by atoms with van der Waals surface area (Å²) in [5.41, 5.74) is 0.938. The summed E-state index contributed by atoms with van der Waals surface area (Å²) in [4.78, 5) is 29.5. The zero-order valence-electron chi connectivity index (χ0n) is 19.4. The number of carbonyl (C=O) groups excluding carboxylic acids is 2. The van der Waals surface area contributed by atoms with Crippen LogP contribution in [0.4, 0.5) is 0 Å². The van der Waals surface area contributed by atoms with Crippen LogP contribution in [0.5, 0.6) is 0 Å². The molecule has 8 nitrogen and oxygen atoms in total. The van der Waals surface area contributed by atoms with E-state index in [1.165, 1.54) is 47.0 Å². The van der Waals surface area contributed by atoms with Gasteiger partial charge in [0.1, 0.15) is 6.54 Å². The fourth-order valence-corrected chi connectivity index (χ4v) is 6.93. The van der Waals surface area contributed by atoms with Crippen molar-refractivity contribution < 1.29 is 22.7 Å². The molecule has 1 amide bonds. The molecule has 35 heavy (non-hydrogen) atoms. The molecule has 0 N–H and O–H groups in total. The number of nitrogens with zero attached hydrogens (tertiary/aromatic N) is 3. The van der Waals surface area contributed by atoms with Crippen LogP contribution >= 0.6 is 22.9 Å². The molecule has 4 rings (SSSR count). The number of halogens is 1. The number of amides is 1. The molecular formula is C24H26ClN3O5S2. The Bertz CT molecular complexity index is 1420. The highest BCUT2D eigenvalue weighted by molar-refractivity contribution is 7.89. The van der Waals surface area contributed by atoms with E-state index >= 15 is 0 Å². The van der Waals surface area contributed by atoms with Gasteiger partial charge in [0.05, 0.1) is 22.2 Å². The molecule has 0 unspecified atom stereocenters. The Morgan fingerprint density at radius 2 is 1.83 bits per heavy atom. The highest BCUT2D eigenvalue weighted by Crippen LogP contribution is 2.27. The van der Waals surface area contributed by atoms with Gasteiger partial charge in [-0.25, -0.2) is 8.42 Å². The molecular weight excluding hydrogens is 510 g/mol. The number of carbonyl (C=O) groups is 2. The monoisotopic (exact) mass is 535 g/mol. The van der Waals surface area contributed by atoms with Crippen LogP contribution in [0.25, 0.3) is 10.2 Å². The van der Waals surface area contributed by atoms with E-state index in [1.54, 1.807) is 29.8 Å². The number of hydrogen-bond donors (Lipinski definition) is 0. The Kier molecular flexibility index (Phi) is 7.75. The Labute approximate surface area is 212 Å². The van der Waals surface area contributed by atoms with E-state index in [-0.39, 0.29) is 23.0 Å². The summed E-state index contributed by atoms with van der Waals surface area (Å²) in [7, 11) is -0.751. The van der Waals surface area contributed by atoms with Crippen LogP contribution in [-0.2, 0) is 26.1 Å². The zero-order valence-corrected chi connectivity index (χ0v) is 21.8. The van der Waals surface area contributed by atoms with E-state index < -0.39 is 21.9 Å². The van der Waals surface area contributed by atoms with Gasteiger partial charge in [0.25, 0.3) is 5.91 Å². The summed E-state index contributed by atoms with van der Waals surface area (Å²) in [5, 5.41) is 0.525. The van der Waals surface area contributed by atoms with Gasteiger partial charge in [-0.1, -0.05) is 42.2 Å². The van der Waals surface area contributed by atoms with E-state index in [2.05, 4.69) is 4.99 Å². The molecule has 1 heterocycles. The normalized spacial score (nSPS) is 15.6. The number of fused-ring (bicyclic) bond motifs is 1. The second-order valence-electron chi connectivity index (χ2n) is 8.41. The molecule has 186 valence electrons. The molecule has 1 aromatic heterocycles. The van der Waals surface area contributed by atoms with Gasteiger partial charge in [-0.05, 0) is 55.3 Å². The van der Waals surface area contributed by atoms with Gasteiger partial charge < -0.3 is 9.30 Å². The molecule has 0 radical (unpaired) electrons. The molecule has 2 aromatic carbocycles. The third-order valence-corrected chi connectivity index (χ3v) is 9.42. The highest BCUT2D eigenvalue weighted by Gasteiger charge is 2.29. The number of sulfonamides is 1. The van der Waals surface area contributed by atoms with Crippen molar-refractivity contribution in [3.63, 3.8) is 0 Å². The lowest BCUT2D eigenvalue weighted by molar-refractivity contribution is -0.141. The van der Waals surface area contributed by atoms with Gasteiger partial charge in [0, 0.05) is 23.7 Å². The number of aromatic nitrogens is 1. The highest BCUT2D eigenvalue weighted by atomic mass is 35.5. The molecule has 0 bridgehead atoms. The number of hydrogen-bond acceptors (Lipinski definition) is 6. The maximum absolute atomic E-state index is 13.1. The van der Waals surface area contributed by atoms with Crippen molar-refractivity contribution in [1.29, 1.82) is 0 Å². The zero-order chi connectivity index (χ0) is 25.2. The first kappa shape index (κ1) is 25.6. The van der Waals surface area contributed by atoms with E-state index in [0.29, 0.717) is 15.3 Å². The number of thiazole rings is 1. The Morgan fingerprint density at radius 3 is 2.49 bits per heavy atom. The van der Waals surface area contributed by atoms with Gasteiger partial charge in [-0.2, -0.15) is 9.30 Å². The molecule has 0 aliphatic heterocycles. The topological polar surface area (TPSA) is 98.0 Å². The minimum Gasteiger partial charge on any atom is -0.468 e. The lowest BCUT2D eigenvalue weighted by Gasteiger charge is -2.30. The second kappa shape index (κ2) is 10.6. The van der Waals surface area contributed by atoms with Crippen LogP contribution in [0.2, 0.25) is 5.02 Å². The first-order valence-electron chi connectivity index (χ1n) is 11.2. The van der Waals surface area contributed by atoms with Gasteiger partial charge >= 0.3 is 5.97 Å². The summed E-state index contributed by atoms with van der Waals surface area (Å²) in [5.74, 6) is -1.03. The summed E-state index contributed by atoms with van der Waals surface area (Å²) in [6.45, 7) is -0.116. The number of esters is 1. The van der Waals surface area contributed by atoms with Crippen LogP contribution in [0.1, 0.15) is 42.5 Å². The number of benzene rings is 2. The van der Waals surface area contributed by atoms with Crippen molar-refractivity contribution in [2.45, 2.75) is 49.6 Å². The van der Waals surface area contributed by atoms with Crippen molar-refractivity contribution >= 4 is 55.1 Å². The molecule has 3 aromatic rings. The molecule has 11 heteroatoms. The number of ether oxygens (including phenoxy) is 1. The van der Waals surface area contributed by atoms with Crippen LogP contribution in [-0.4, -0.2) is 49.4 Å². The first-order valence-corrected chi connectivity index (χ1v) is 13.9. The van der Waals surface area contributed by atoms with Crippen molar-refractivity contribution in [2.24, 2.45) is 4.99 Å². The van der Waals surface area contributed by atoms with Crippen molar-refractivity contribution in [1.82, 2.24) is 8.87 Å². The third kappa shape index (κ3) is 5.50. The summed E-state index contributed by atoms with van der Waals surface area (Å²) < 4.78 is 34.7. The Morgan fingerprint density at radius 1 is 1.14 bits per heavy atom. The predicted molar refractivity (Wildman–Crippen MR) is 135 cm³/mol. The average molecular weight is 536 g/mol. The van der Waals surface area contributed by atoms with Crippen molar-refractivity contribution in [3.05, 3.63) is 57.9 Å². The summed E-state index contributed by atoms with van der Waals surface area (Å²) >= 11 is 7.32. The molecule has 1 aliphatic carbocycles. The fraction of sp³-hybridized carbons (Fsp3) is 0.375. The van der Waals surface area contributed by atoms with Crippen molar-refractivity contribution in [3.8, 4) is 0 Å². The molecule has 0 atom stereocenters. The summed E-state index contributed by atoms with van der Waals surface area (Å²) in [6.07, 6.45) is 4.91. The molecule has 1 aliphatic rings. The smallest absolute Gasteiger partial charge is 0.325 e. The van der Waals surface area contributed by atoms with Crippen LogP contribution in [0.15, 0.2) is 52.4 Å². The lowest BCUT2D eigenvalue weighted by Crippen LogP contribution is -2.38. The van der Waals surface area contributed by atoms with E-state index in [9.17, 15) is 18.0 Å². The largest absolute Gasteiger partial charge is 0.468 e. The number of methoxy groups -OCH3 is 1. The lowest BCUT2D eigenvalue weighted by atomic mass is 9.96. The molecule has 1 fully saturated rings. The molecule has 1 saturated carbocycles. The minimum absolute atomic E-state index is 0.00298. The van der Waals surface area contributed by atoms with E-state index in [1.807, 2.05) is 0 Å². The van der Waals surface area contributed by atoms with Gasteiger partial charge in [-0.3, -0.25) is 9.59 Å². The van der Waals surface area contributed by atoms with Gasteiger partial charge in [0.2, 0.25) is 10.0 Å². The molecule has 0 saturated heterocycles. The third-order valence-electron chi connectivity index (χ3n) is 6.22. The van der Waals surface area contributed by atoms with E-state index in [0.717, 1.165) is 36.8 Å². The minimum atomic E-state index is -3.66. The van der Waals surface area contributed by atoms with E-state index in [4.69, 9.17) is 16.3 Å².